The summed E-state index contributed by atoms with van der Waals surface area (Å²) in [7, 11) is 0. The van der Waals surface area contributed by atoms with E-state index in [4.69, 9.17) is 14.2 Å². The second-order valence-corrected chi connectivity index (χ2v) is 4.61. The average Bonchev–Trinajstić information content (AvgIpc) is 2.37. The van der Waals surface area contributed by atoms with Crippen LogP contribution < -0.4 is 5.43 Å². The first-order valence-electron chi connectivity index (χ1n) is 6.62. The zero-order valence-electron chi connectivity index (χ0n) is 11.4. The van der Waals surface area contributed by atoms with Gasteiger partial charge in [0.25, 0.3) is 0 Å². The van der Waals surface area contributed by atoms with E-state index in [0.29, 0.717) is 26.4 Å². The van der Waals surface area contributed by atoms with Crippen molar-refractivity contribution in [1.29, 1.82) is 0 Å². The van der Waals surface area contributed by atoms with Gasteiger partial charge in [0.15, 0.2) is 0 Å². The third-order valence-corrected chi connectivity index (χ3v) is 2.55. The Balaban J connectivity index is 1.91. The lowest BCUT2D eigenvalue weighted by Gasteiger charge is -2.28. The Labute approximate surface area is 109 Å². The summed E-state index contributed by atoms with van der Waals surface area (Å²) in [4.78, 5) is 0. The van der Waals surface area contributed by atoms with Crippen LogP contribution in [-0.4, -0.2) is 75.0 Å². The lowest BCUT2D eigenvalue weighted by molar-refractivity contribution is -0.0255. The maximum atomic E-state index is 9.70. The number of morpholine rings is 1. The van der Waals surface area contributed by atoms with E-state index in [0.717, 1.165) is 26.3 Å². The van der Waals surface area contributed by atoms with Gasteiger partial charge in [-0.2, -0.15) is 0 Å². The van der Waals surface area contributed by atoms with E-state index in [2.05, 4.69) is 10.4 Å². The maximum Gasteiger partial charge on any atom is 0.0911 e. The van der Waals surface area contributed by atoms with Gasteiger partial charge in [-0.25, -0.2) is 5.01 Å². The van der Waals surface area contributed by atoms with E-state index < -0.39 is 6.10 Å². The third-order valence-electron chi connectivity index (χ3n) is 2.55. The zero-order valence-corrected chi connectivity index (χ0v) is 11.4. The van der Waals surface area contributed by atoms with E-state index in [1.54, 1.807) is 0 Å². The van der Waals surface area contributed by atoms with Crippen LogP contribution in [0.5, 0.6) is 0 Å². The van der Waals surface area contributed by atoms with Crippen molar-refractivity contribution >= 4 is 0 Å². The molecule has 1 aliphatic rings. The van der Waals surface area contributed by atoms with Crippen LogP contribution >= 0.6 is 0 Å². The van der Waals surface area contributed by atoms with Gasteiger partial charge in [0.05, 0.1) is 45.2 Å². The van der Waals surface area contributed by atoms with Crippen LogP contribution in [0, 0.1) is 0 Å². The number of hydrogen-bond acceptors (Lipinski definition) is 6. The monoisotopic (exact) mass is 262 g/mol. The molecule has 6 nitrogen and oxygen atoms in total. The van der Waals surface area contributed by atoms with E-state index in [1.165, 1.54) is 0 Å². The van der Waals surface area contributed by atoms with Gasteiger partial charge in [0, 0.05) is 19.6 Å². The topological polar surface area (TPSA) is 63.2 Å². The molecule has 0 aromatic carbocycles. The second kappa shape index (κ2) is 9.66. The molecule has 0 aliphatic carbocycles. The molecule has 0 bridgehead atoms. The van der Waals surface area contributed by atoms with Gasteiger partial charge < -0.3 is 19.3 Å². The van der Waals surface area contributed by atoms with Crippen molar-refractivity contribution in [2.24, 2.45) is 0 Å². The van der Waals surface area contributed by atoms with Gasteiger partial charge >= 0.3 is 0 Å². The van der Waals surface area contributed by atoms with Crippen LogP contribution in [0.4, 0.5) is 0 Å². The lowest BCUT2D eigenvalue weighted by Crippen LogP contribution is -2.48. The fourth-order valence-corrected chi connectivity index (χ4v) is 1.58. The van der Waals surface area contributed by atoms with Crippen LogP contribution in [0.15, 0.2) is 0 Å². The Morgan fingerprint density at radius 1 is 1.28 bits per heavy atom. The number of hydrogen-bond donors (Lipinski definition) is 2. The van der Waals surface area contributed by atoms with Crippen molar-refractivity contribution in [3.63, 3.8) is 0 Å². The number of aliphatic hydroxyl groups is 1. The predicted molar refractivity (Wildman–Crippen MR) is 68.3 cm³/mol. The Kier molecular flexibility index (Phi) is 8.49. The van der Waals surface area contributed by atoms with Crippen molar-refractivity contribution in [2.75, 3.05) is 52.7 Å². The largest absolute Gasteiger partial charge is 0.389 e. The van der Waals surface area contributed by atoms with Crippen molar-refractivity contribution in [1.82, 2.24) is 10.4 Å². The Hall–Kier alpha value is -0.240. The molecule has 1 rings (SSSR count). The smallest absolute Gasteiger partial charge is 0.0911 e. The number of ether oxygens (including phenoxy) is 3. The Morgan fingerprint density at radius 2 is 2.00 bits per heavy atom. The van der Waals surface area contributed by atoms with E-state index in [1.807, 2.05) is 13.8 Å². The minimum atomic E-state index is -0.494. The molecule has 1 atom stereocenters. The molecule has 0 spiro atoms. The molecule has 18 heavy (non-hydrogen) atoms. The number of nitrogens with zero attached hydrogens (tertiary/aromatic N) is 1. The van der Waals surface area contributed by atoms with Crippen LogP contribution in [0.25, 0.3) is 0 Å². The Morgan fingerprint density at radius 3 is 2.67 bits per heavy atom. The summed E-state index contributed by atoms with van der Waals surface area (Å²) < 4.78 is 15.9. The molecule has 1 aliphatic heterocycles. The molecule has 0 saturated carbocycles. The molecule has 2 N–H and O–H groups in total. The van der Waals surface area contributed by atoms with Gasteiger partial charge in [0.2, 0.25) is 0 Å². The van der Waals surface area contributed by atoms with Crippen molar-refractivity contribution in [2.45, 2.75) is 26.1 Å². The SMILES string of the molecule is CC(C)OCCOCC(O)CNN1CCOCC1. The highest BCUT2D eigenvalue weighted by Gasteiger charge is 2.11. The minimum Gasteiger partial charge on any atom is -0.389 e. The first kappa shape index (κ1) is 15.8. The minimum absolute atomic E-state index is 0.224. The highest BCUT2D eigenvalue weighted by Crippen LogP contribution is 1.93. The molecule has 1 saturated heterocycles. The summed E-state index contributed by atoms with van der Waals surface area (Å²) >= 11 is 0. The fraction of sp³-hybridized carbons (Fsp3) is 1.00. The quantitative estimate of drug-likeness (QED) is 0.553. The summed E-state index contributed by atoms with van der Waals surface area (Å²) in [6.07, 6.45) is -0.270. The molecule has 6 heteroatoms. The molecular formula is C12H26N2O4. The molecule has 1 fully saturated rings. The molecule has 1 heterocycles. The molecule has 0 aromatic heterocycles. The number of nitrogens with one attached hydrogen (secondary N) is 1. The van der Waals surface area contributed by atoms with Gasteiger partial charge in [-0.15, -0.1) is 0 Å². The first-order chi connectivity index (χ1) is 8.68. The maximum absolute atomic E-state index is 9.70. The number of aliphatic hydroxyl groups excluding tert-OH is 1. The predicted octanol–water partition coefficient (Wildman–Crippen LogP) is -0.374. The second-order valence-electron chi connectivity index (χ2n) is 4.61. The lowest BCUT2D eigenvalue weighted by atomic mass is 10.4. The zero-order chi connectivity index (χ0) is 13.2. The highest BCUT2D eigenvalue weighted by atomic mass is 16.5. The molecule has 1 unspecified atom stereocenters. The first-order valence-corrected chi connectivity index (χ1v) is 6.62. The summed E-state index contributed by atoms with van der Waals surface area (Å²) in [5.74, 6) is 0. The molecule has 0 amide bonds. The van der Waals surface area contributed by atoms with E-state index >= 15 is 0 Å². The van der Waals surface area contributed by atoms with E-state index in [9.17, 15) is 5.11 Å². The summed E-state index contributed by atoms with van der Waals surface area (Å²) in [6.45, 7) is 9.10. The molecular weight excluding hydrogens is 236 g/mol. The normalized spacial score (nSPS) is 19.3. The molecule has 0 radical (unpaired) electrons. The van der Waals surface area contributed by atoms with Crippen molar-refractivity contribution < 1.29 is 19.3 Å². The van der Waals surface area contributed by atoms with Gasteiger partial charge in [0.1, 0.15) is 0 Å². The van der Waals surface area contributed by atoms with Gasteiger partial charge in [-0.05, 0) is 13.8 Å². The van der Waals surface area contributed by atoms with Crippen LogP contribution in [0.3, 0.4) is 0 Å². The van der Waals surface area contributed by atoms with Crippen molar-refractivity contribution in [3.8, 4) is 0 Å². The molecule has 0 aromatic rings. The van der Waals surface area contributed by atoms with Gasteiger partial charge in [-0.1, -0.05) is 0 Å². The fourth-order valence-electron chi connectivity index (χ4n) is 1.58. The molecule has 108 valence electrons. The number of hydrazine groups is 1. The number of rotatable bonds is 9. The third kappa shape index (κ3) is 7.97. The summed E-state index contributed by atoms with van der Waals surface area (Å²) in [5, 5.41) is 11.8. The standard InChI is InChI=1S/C12H26N2O4/c1-11(2)18-8-7-17-10-12(15)9-13-14-3-5-16-6-4-14/h11-13,15H,3-10H2,1-2H3. The van der Waals surface area contributed by atoms with Gasteiger partial charge in [-0.3, -0.25) is 5.43 Å². The van der Waals surface area contributed by atoms with Crippen LogP contribution in [-0.2, 0) is 14.2 Å². The average molecular weight is 262 g/mol. The van der Waals surface area contributed by atoms with Crippen LogP contribution in [0.2, 0.25) is 0 Å². The van der Waals surface area contributed by atoms with Crippen molar-refractivity contribution in [3.05, 3.63) is 0 Å². The van der Waals surface area contributed by atoms with Crippen LogP contribution in [0.1, 0.15) is 13.8 Å². The van der Waals surface area contributed by atoms with E-state index in [-0.39, 0.29) is 6.10 Å². The summed E-state index contributed by atoms with van der Waals surface area (Å²) in [6, 6.07) is 0. The highest BCUT2D eigenvalue weighted by molar-refractivity contribution is 4.61. The Bertz CT molecular complexity index is 199. The summed E-state index contributed by atoms with van der Waals surface area (Å²) in [5.41, 5.74) is 3.17.